The van der Waals surface area contributed by atoms with Crippen LogP contribution in [0.25, 0.3) is 0 Å². The number of piperazine rings is 1. The lowest BCUT2D eigenvalue weighted by molar-refractivity contribution is -0.150. The Morgan fingerprint density at radius 2 is 1.64 bits per heavy atom. The Morgan fingerprint density at radius 1 is 0.909 bits per heavy atom. The van der Waals surface area contributed by atoms with E-state index in [1.807, 2.05) is 59.5 Å². The highest BCUT2D eigenvalue weighted by Crippen LogP contribution is 2.28. The molecule has 174 valence electrons. The molecule has 4 rings (SSSR count). The number of carbonyl (C=O) groups excluding carboxylic acids is 3. The van der Waals surface area contributed by atoms with Crippen LogP contribution in [0.1, 0.15) is 36.4 Å². The van der Waals surface area contributed by atoms with Gasteiger partial charge in [-0.3, -0.25) is 14.4 Å². The first-order valence-corrected chi connectivity index (χ1v) is 11.6. The van der Waals surface area contributed by atoms with Crippen LogP contribution in [0, 0.1) is 0 Å². The number of piperidine rings is 1. The standard InChI is InChI=1S/C26H31N3O4/c1-33-22-11-7-8-20(18-22)19-24(31)27-14-16-28(17-15-27)26(32)25(21-9-3-2-4-10-21)29-13-6-5-12-23(29)30/h2-4,7-11,18,25H,5-6,12-17,19H2,1H3. The van der Waals surface area contributed by atoms with E-state index in [9.17, 15) is 14.4 Å². The Morgan fingerprint density at radius 3 is 2.33 bits per heavy atom. The normalized spacial score (nSPS) is 17.6. The summed E-state index contributed by atoms with van der Waals surface area (Å²) in [6, 6.07) is 16.5. The minimum Gasteiger partial charge on any atom is -0.497 e. The van der Waals surface area contributed by atoms with Gasteiger partial charge in [0.2, 0.25) is 17.7 Å². The molecule has 2 aromatic rings. The van der Waals surface area contributed by atoms with Crippen molar-refractivity contribution in [1.82, 2.24) is 14.7 Å². The highest BCUT2D eigenvalue weighted by molar-refractivity contribution is 5.89. The highest BCUT2D eigenvalue weighted by Gasteiger charge is 2.36. The van der Waals surface area contributed by atoms with Crippen molar-refractivity contribution in [2.75, 3.05) is 39.8 Å². The fourth-order valence-electron chi connectivity index (χ4n) is 4.61. The number of nitrogens with zero attached hydrogens (tertiary/aromatic N) is 3. The van der Waals surface area contributed by atoms with Gasteiger partial charge in [0, 0.05) is 39.1 Å². The summed E-state index contributed by atoms with van der Waals surface area (Å²) < 4.78 is 5.24. The second kappa shape index (κ2) is 10.5. The molecule has 0 aliphatic carbocycles. The predicted molar refractivity (Wildman–Crippen MR) is 125 cm³/mol. The van der Waals surface area contributed by atoms with Crippen LogP contribution in [0.2, 0.25) is 0 Å². The van der Waals surface area contributed by atoms with Gasteiger partial charge < -0.3 is 19.4 Å². The minimum absolute atomic E-state index is 0.0376. The Balaban J connectivity index is 1.41. The fourth-order valence-corrected chi connectivity index (χ4v) is 4.61. The van der Waals surface area contributed by atoms with Gasteiger partial charge in [-0.1, -0.05) is 42.5 Å². The molecule has 0 bridgehead atoms. The third-order valence-corrected chi connectivity index (χ3v) is 6.45. The average molecular weight is 450 g/mol. The molecule has 1 unspecified atom stereocenters. The molecule has 2 aromatic carbocycles. The second-order valence-electron chi connectivity index (χ2n) is 8.59. The van der Waals surface area contributed by atoms with Crippen molar-refractivity contribution in [2.45, 2.75) is 31.7 Å². The Bertz CT molecular complexity index is 986. The van der Waals surface area contributed by atoms with Crippen LogP contribution in [-0.4, -0.2) is 72.3 Å². The Kier molecular flexibility index (Phi) is 7.27. The van der Waals surface area contributed by atoms with Gasteiger partial charge in [-0.05, 0) is 36.1 Å². The lowest BCUT2D eigenvalue weighted by Crippen LogP contribution is -2.54. The summed E-state index contributed by atoms with van der Waals surface area (Å²) in [6.45, 7) is 2.51. The van der Waals surface area contributed by atoms with E-state index in [1.165, 1.54) is 0 Å². The smallest absolute Gasteiger partial charge is 0.250 e. The molecule has 0 radical (unpaired) electrons. The molecule has 2 aliphatic rings. The van der Waals surface area contributed by atoms with Crippen molar-refractivity contribution in [2.24, 2.45) is 0 Å². The molecule has 2 heterocycles. The lowest BCUT2D eigenvalue weighted by atomic mass is 9.99. The number of amides is 3. The van der Waals surface area contributed by atoms with Crippen LogP contribution in [0.3, 0.4) is 0 Å². The number of carbonyl (C=O) groups is 3. The second-order valence-corrected chi connectivity index (χ2v) is 8.59. The SMILES string of the molecule is COc1cccc(CC(=O)N2CCN(C(=O)C(c3ccccc3)N3CCCCC3=O)CC2)c1. The average Bonchev–Trinajstić information content (AvgIpc) is 2.86. The molecule has 0 spiro atoms. The van der Waals surface area contributed by atoms with Crippen molar-refractivity contribution >= 4 is 17.7 Å². The topological polar surface area (TPSA) is 70.2 Å². The number of rotatable bonds is 6. The zero-order valence-corrected chi connectivity index (χ0v) is 19.1. The lowest BCUT2D eigenvalue weighted by Gasteiger charge is -2.40. The van der Waals surface area contributed by atoms with Gasteiger partial charge in [0.1, 0.15) is 11.8 Å². The number of benzene rings is 2. The van der Waals surface area contributed by atoms with E-state index < -0.39 is 6.04 Å². The first-order valence-electron chi connectivity index (χ1n) is 11.6. The predicted octanol–water partition coefficient (Wildman–Crippen LogP) is 2.66. The van der Waals surface area contributed by atoms with E-state index >= 15 is 0 Å². The summed E-state index contributed by atoms with van der Waals surface area (Å²) in [4.78, 5) is 44.4. The maximum atomic E-state index is 13.6. The minimum atomic E-state index is -0.599. The van der Waals surface area contributed by atoms with E-state index in [1.54, 1.807) is 16.9 Å². The summed E-state index contributed by atoms with van der Waals surface area (Å²) in [6.07, 6.45) is 2.58. The molecule has 0 aromatic heterocycles. The monoisotopic (exact) mass is 449 g/mol. The summed E-state index contributed by atoms with van der Waals surface area (Å²) in [7, 11) is 1.61. The molecule has 7 nitrogen and oxygen atoms in total. The third kappa shape index (κ3) is 5.35. The van der Waals surface area contributed by atoms with Gasteiger partial charge in [-0.25, -0.2) is 0 Å². The zero-order valence-electron chi connectivity index (χ0n) is 19.1. The molecule has 3 amide bonds. The number of hydrogen-bond acceptors (Lipinski definition) is 4. The maximum Gasteiger partial charge on any atom is 0.250 e. The number of ether oxygens (including phenoxy) is 1. The van der Waals surface area contributed by atoms with Crippen molar-refractivity contribution in [3.63, 3.8) is 0 Å². The zero-order chi connectivity index (χ0) is 23.2. The van der Waals surface area contributed by atoms with E-state index in [0.717, 1.165) is 29.7 Å². The largest absolute Gasteiger partial charge is 0.497 e. The number of methoxy groups -OCH3 is 1. The van der Waals surface area contributed by atoms with E-state index in [4.69, 9.17) is 4.74 Å². The molecule has 0 saturated carbocycles. The van der Waals surface area contributed by atoms with Crippen LogP contribution < -0.4 is 4.74 Å². The van der Waals surface area contributed by atoms with Crippen LogP contribution in [0.15, 0.2) is 54.6 Å². The Labute approximate surface area is 194 Å². The summed E-state index contributed by atoms with van der Waals surface area (Å²) >= 11 is 0. The Hall–Kier alpha value is -3.35. The van der Waals surface area contributed by atoms with Crippen molar-refractivity contribution in [3.05, 3.63) is 65.7 Å². The molecule has 0 N–H and O–H groups in total. The van der Waals surface area contributed by atoms with Gasteiger partial charge in [0.05, 0.1) is 13.5 Å². The summed E-state index contributed by atoms with van der Waals surface area (Å²) in [5.41, 5.74) is 1.75. The van der Waals surface area contributed by atoms with E-state index in [-0.39, 0.29) is 17.7 Å². The number of hydrogen-bond donors (Lipinski definition) is 0. The first-order chi connectivity index (χ1) is 16.1. The fraction of sp³-hybridized carbons (Fsp3) is 0.423. The molecule has 2 aliphatic heterocycles. The van der Waals surface area contributed by atoms with Gasteiger partial charge in [-0.15, -0.1) is 0 Å². The molecule has 2 fully saturated rings. The molecule has 2 saturated heterocycles. The molecular formula is C26H31N3O4. The summed E-state index contributed by atoms with van der Waals surface area (Å²) in [5, 5.41) is 0. The van der Waals surface area contributed by atoms with Crippen LogP contribution >= 0.6 is 0 Å². The molecule has 7 heteroatoms. The van der Waals surface area contributed by atoms with Gasteiger partial charge in [0.25, 0.3) is 0 Å². The quantitative estimate of drug-likeness (QED) is 0.680. The van der Waals surface area contributed by atoms with Crippen molar-refractivity contribution in [1.29, 1.82) is 0 Å². The number of likely N-dealkylation sites (tertiary alicyclic amines) is 1. The maximum absolute atomic E-state index is 13.6. The molecule has 1 atom stereocenters. The van der Waals surface area contributed by atoms with E-state index in [2.05, 4.69) is 0 Å². The van der Waals surface area contributed by atoms with Gasteiger partial charge >= 0.3 is 0 Å². The highest BCUT2D eigenvalue weighted by atomic mass is 16.5. The van der Waals surface area contributed by atoms with Crippen LogP contribution in [-0.2, 0) is 20.8 Å². The van der Waals surface area contributed by atoms with Crippen LogP contribution in [0.4, 0.5) is 0 Å². The third-order valence-electron chi connectivity index (χ3n) is 6.45. The summed E-state index contributed by atoms with van der Waals surface area (Å²) in [5.74, 6) is 0.753. The molecule has 33 heavy (non-hydrogen) atoms. The van der Waals surface area contributed by atoms with Gasteiger partial charge in [0.15, 0.2) is 0 Å². The van der Waals surface area contributed by atoms with Crippen LogP contribution in [0.5, 0.6) is 5.75 Å². The van der Waals surface area contributed by atoms with Crippen molar-refractivity contribution in [3.8, 4) is 5.75 Å². The van der Waals surface area contributed by atoms with Crippen molar-refractivity contribution < 1.29 is 19.1 Å². The first kappa shape index (κ1) is 22.8. The van der Waals surface area contributed by atoms with Gasteiger partial charge in [-0.2, -0.15) is 0 Å². The van der Waals surface area contributed by atoms with E-state index in [0.29, 0.717) is 45.6 Å². The molecular weight excluding hydrogens is 418 g/mol.